The van der Waals surface area contributed by atoms with E-state index in [1.807, 2.05) is 30.6 Å². The van der Waals surface area contributed by atoms with Gasteiger partial charge in [0.15, 0.2) is 17.1 Å². The Morgan fingerprint density at radius 2 is 1.79 bits per heavy atom. The molecule has 136 valence electrons. The van der Waals surface area contributed by atoms with E-state index >= 15 is 0 Å². The molecule has 6 heteroatoms. The van der Waals surface area contributed by atoms with Crippen LogP contribution in [0.3, 0.4) is 0 Å². The lowest BCUT2D eigenvalue weighted by Crippen LogP contribution is -1.93. The first-order valence-electron chi connectivity index (χ1n) is 9.05. The summed E-state index contributed by atoms with van der Waals surface area (Å²) in [6.07, 6.45) is 7.77. The maximum atomic E-state index is 5.52. The van der Waals surface area contributed by atoms with Gasteiger partial charge >= 0.3 is 0 Å². The van der Waals surface area contributed by atoms with Gasteiger partial charge in [0.25, 0.3) is 0 Å². The molecule has 0 bridgehead atoms. The number of rotatable bonds is 2. The lowest BCUT2D eigenvalue weighted by molar-refractivity contribution is 0.174. The predicted molar refractivity (Wildman–Crippen MR) is 106 cm³/mol. The van der Waals surface area contributed by atoms with Crippen LogP contribution in [0.25, 0.3) is 39.1 Å². The molecule has 0 unspecified atom stereocenters. The van der Waals surface area contributed by atoms with E-state index < -0.39 is 0 Å². The Balaban J connectivity index is 1.49. The van der Waals surface area contributed by atoms with Crippen molar-refractivity contribution in [2.75, 3.05) is 6.79 Å². The van der Waals surface area contributed by atoms with Gasteiger partial charge in [0.05, 0.1) is 23.8 Å². The summed E-state index contributed by atoms with van der Waals surface area (Å²) in [5.74, 6) is 1.53. The average Bonchev–Trinajstić information content (AvgIpc) is 3.45. The third-order valence-corrected chi connectivity index (χ3v) is 5.25. The van der Waals surface area contributed by atoms with Crippen molar-refractivity contribution in [3.8, 4) is 34.0 Å². The Morgan fingerprint density at radius 3 is 2.75 bits per heavy atom. The third kappa shape index (κ3) is 2.21. The zero-order chi connectivity index (χ0) is 18.7. The zero-order valence-corrected chi connectivity index (χ0v) is 15.2. The topological polar surface area (TPSA) is 53.6 Å². The van der Waals surface area contributed by atoms with Crippen LogP contribution in [0.2, 0.25) is 0 Å². The van der Waals surface area contributed by atoms with Gasteiger partial charge in [-0.05, 0) is 36.4 Å². The fourth-order valence-electron chi connectivity index (χ4n) is 3.75. The standard InChI is InChI=1S/C22H16N4O2/c1-25-7-6-16-8-14(2-4-18(16)25)17-12-26-19(10-24-22(26)11-23-17)15-3-5-20-21(9-15)28-13-27-20/h2-12H,13H2,1H3. The highest BCUT2D eigenvalue weighted by molar-refractivity contribution is 5.85. The molecule has 0 spiro atoms. The molecule has 28 heavy (non-hydrogen) atoms. The van der Waals surface area contributed by atoms with Crippen LogP contribution < -0.4 is 9.47 Å². The zero-order valence-electron chi connectivity index (χ0n) is 15.2. The molecule has 5 aromatic rings. The van der Waals surface area contributed by atoms with Crippen molar-refractivity contribution in [3.63, 3.8) is 0 Å². The highest BCUT2D eigenvalue weighted by atomic mass is 16.7. The summed E-state index contributed by atoms with van der Waals surface area (Å²) in [5, 5.41) is 1.20. The summed E-state index contributed by atoms with van der Waals surface area (Å²) < 4.78 is 15.1. The minimum Gasteiger partial charge on any atom is -0.454 e. The quantitative estimate of drug-likeness (QED) is 0.467. The second kappa shape index (κ2) is 5.60. The summed E-state index contributed by atoms with van der Waals surface area (Å²) >= 11 is 0. The highest BCUT2D eigenvalue weighted by Gasteiger charge is 2.16. The van der Waals surface area contributed by atoms with Gasteiger partial charge in [-0.15, -0.1) is 0 Å². The lowest BCUT2D eigenvalue weighted by Gasteiger charge is -2.07. The van der Waals surface area contributed by atoms with Crippen LogP contribution >= 0.6 is 0 Å². The van der Waals surface area contributed by atoms with Gasteiger partial charge < -0.3 is 14.0 Å². The van der Waals surface area contributed by atoms with Gasteiger partial charge in [0.2, 0.25) is 6.79 Å². The Morgan fingerprint density at radius 1 is 0.893 bits per heavy atom. The molecule has 6 rings (SSSR count). The Hall–Kier alpha value is -3.80. The first-order chi connectivity index (χ1) is 13.8. The van der Waals surface area contributed by atoms with Crippen molar-refractivity contribution in [2.45, 2.75) is 0 Å². The Labute approximate surface area is 160 Å². The molecule has 0 radical (unpaired) electrons. The number of nitrogens with zero attached hydrogens (tertiary/aromatic N) is 4. The number of aryl methyl sites for hydroxylation is 1. The van der Waals surface area contributed by atoms with Crippen molar-refractivity contribution in [1.82, 2.24) is 18.9 Å². The summed E-state index contributed by atoms with van der Waals surface area (Å²) in [5.41, 5.74) is 5.99. The van der Waals surface area contributed by atoms with E-state index in [2.05, 4.69) is 56.4 Å². The van der Waals surface area contributed by atoms with Gasteiger partial charge in [-0.1, -0.05) is 6.07 Å². The minimum atomic E-state index is 0.266. The smallest absolute Gasteiger partial charge is 0.231 e. The number of hydrogen-bond donors (Lipinski definition) is 0. The molecule has 1 aliphatic heterocycles. The van der Waals surface area contributed by atoms with Gasteiger partial charge in [0, 0.05) is 41.5 Å². The Kier molecular flexibility index (Phi) is 3.05. The van der Waals surface area contributed by atoms with Crippen LogP contribution in [0, 0.1) is 0 Å². The summed E-state index contributed by atoms with van der Waals surface area (Å²) in [7, 11) is 2.05. The van der Waals surface area contributed by atoms with Crippen molar-refractivity contribution in [1.29, 1.82) is 0 Å². The number of hydrogen-bond acceptors (Lipinski definition) is 4. The number of fused-ring (bicyclic) bond motifs is 3. The maximum absolute atomic E-state index is 5.52. The average molecular weight is 368 g/mol. The van der Waals surface area contributed by atoms with Crippen LogP contribution in [-0.2, 0) is 7.05 Å². The van der Waals surface area contributed by atoms with Crippen molar-refractivity contribution < 1.29 is 9.47 Å². The van der Waals surface area contributed by atoms with Gasteiger partial charge in [-0.2, -0.15) is 0 Å². The summed E-state index contributed by atoms with van der Waals surface area (Å²) in [4.78, 5) is 9.12. The van der Waals surface area contributed by atoms with E-state index in [9.17, 15) is 0 Å². The lowest BCUT2D eigenvalue weighted by atomic mass is 10.1. The van der Waals surface area contributed by atoms with Gasteiger partial charge in [-0.3, -0.25) is 9.38 Å². The molecule has 4 heterocycles. The monoisotopic (exact) mass is 368 g/mol. The molecule has 0 atom stereocenters. The highest BCUT2D eigenvalue weighted by Crippen LogP contribution is 2.36. The first-order valence-corrected chi connectivity index (χ1v) is 9.05. The molecular formula is C22H16N4O2. The molecule has 6 nitrogen and oxygen atoms in total. The van der Waals surface area contributed by atoms with Crippen LogP contribution in [0.5, 0.6) is 11.5 Å². The third-order valence-electron chi connectivity index (χ3n) is 5.25. The van der Waals surface area contributed by atoms with E-state index in [-0.39, 0.29) is 6.79 Å². The molecule has 0 N–H and O–H groups in total. The minimum absolute atomic E-state index is 0.266. The predicted octanol–water partition coefficient (Wildman–Crippen LogP) is 4.28. The van der Waals surface area contributed by atoms with Crippen molar-refractivity contribution in [2.24, 2.45) is 7.05 Å². The van der Waals surface area contributed by atoms with E-state index in [0.29, 0.717) is 0 Å². The number of ether oxygens (including phenoxy) is 2. The molecule has 0 fully saturated rings. The number of benzene rings is 2. The molecule has 0 saturated heterocycles. The maximum Gasteiger partial charge on any atom is 0.231 e. The Bertz CT molecular complexity index is 1370. The van der Waals surface area contributed by atoms with E-state index in [1.54, 1.807) is 6.20 Å². The van der Waals surface area contributed by atoms with Crippen LogP contribution in [0.15, 0.2) is 67.3 Å². The summed E-state index contributed by atoms with van der Waals surface area (Å²) in [6, 6.07) is 14.5. The van der Waals surface area contributed by atoms with E-state index in [0.717, 1.165) is 39.7 Å². The van der Waals surface area contributed by atoms with E-state index in [4.69, 9.17) is 9.47 Å². The largest absolute Gasteiger partial charge is 0.454 e. The fourth-order valence-corrected chi connectivity index (χ4v) is 3.75. The first kappa shape index (κ1) is 15.3. The van der Waals surface area contributed by atoms with Gasteiger partial charge in [0.1, 0.15) is 0 Å². The van der Waals surface area contributed by atoms with Crippen molar-refractivity contribution in [3.05, 3.63) is 67.3 Å². The van der Waals surface area contributed by atoms with Crippen LogP contribution in [-0.4, -0.2) is 25.7 Å². The fraction of sp³-hybridized carbons (Fsp3) is 0.0909. The second-order valence-corrected chi connectivity index (χ2v) is 6.91. The molecular weight excluding hydrogens is 352 g/mol. The number of aromatic nitrogens is 4. The molecule has 0 saturated carbocycles. The SMILES string of the molecule is Cn1ccc2cc(-c3cn4c(-c5ccc6c(c5)OCO6)cnc4cn3)ccc21. The van der Waals surface area contributed by atoms with Crippen LogP contribution in [0.1, 0.15) is 0 Å². The number of imidazole rings is 1. The van der Waals surface area contributed by atoms with Gasteiger partial charge in [-0.25, -0.2) is 4.98 Å². The second-order valence-electron chi connectivity index (χ2n) is 6.91. The molecule has 3 aromatic heterocycles. The normalized spacial score (nSPS) is 12.9. The molecule has 2 aromatic carbocycles. The molecule has 0 aliphatic carbocycles. The van der Waals surface area contributed by atoms with Crippen molar-refractivity contribution >= 4 is 16.6 Å². The molecule has 0 amide bonds. The van der Waals surface area contributed by atoms with E-state index in [1.165, 1.54) is 10.9 Å². The molecule has 1 aliphatic rings. The summed E-state index contributed by atoms with van der Waals surface area (Å²) in [6.45, 7) is 0.266. The van der Waals surface area contributed by atoms with Crippen LogP contribution in [0.4, 0.5) is 0 Å².